The van der Waals surface area contributed by atoms with Crippen molar-refractivity contribution < 1.29 is 9.90 Å². The van der Waals surface area contributed by atoms with E-state index in [4.69, 9.17) is 10.8 Å². The summed E-state index contributed by atoms with van der Waals surface area (Å²) in [5, 5.41) is 8.66. The molecule has 4 N–H and O–H groups in total. The Morgan fingerprint density at radius 1 is 1.50 bits per heavy atom. The molecule has 0 amide bonds. The van der Waals surface area contributed by atoms with Gasteiger partial charge in [-0.15, -0.1) is 0 Å². The van der Waals surface area contributed by atoms with Gasteiger partial charge in [-0.05, 0) is 12.8 Å². The molecule has 84 valence electrons. The number of carboxylic acids is 1. The van der Waals surface area contributed by atoms with Gasteiger partial charge in [-0.25, -0.2) is 15.0 Å². The Morgan fingerprint density at radius 2 is 2.31 bits per heavy atom. The molecule has 0 aliphatic heterocycles. The lowest BCUT2D eigenvalue weighted by Gasteiger charge is -2.05. The third-order valence-corrected chi connectivity index (χ3v) is 2.31. The van der Waals surface area contributed by atoms with Crippen LogP contribution in [0.4, 0.5) is 0 Å². The molecule has 2 aromatic rings. The van der Waals surface area contributed by atoms with Crippen LogP contribution >= 0.6 is 0 Å². The second-order valence-electron chi connectivity index (χ2n) is 3.40. The number of rotatable bonds is 4. The zero-order chi connectivity index (χ0) is 11.5. The number of hydrogen-bond acceptors (Lipinski definition) is 5. The summed E-state index contributed by atoms with van der Waals surface area (Å²) in [7, 11) is 0. The lowest BCUT2D eigenvalue weighted by molar-refractivity contribution is -0.138. The molecule has 0 aliphatic rings. The van der Waals surface area contributed by atoms with Gasteiger partial charge in [0.05, 0.1) is 12.0 Å². The monoisotopic (exact) mass is 221 g/mol. The van der Waals surface area contributed by atoms with Gasteiger partial charge in [0.1, 0.15) is 17.9 Å². The largest absolute Gasteiger partial charge is 0.480 e. The molecular weight excluding hydrogens is 210 g/mol. The highest BCUT2D eigenvalue weighted by atomic mass is 16.4. The molecule has 1 atom stereocenters. The van der Waals surface area contributed by atoms with E-state index in [0.29, 0.717) is 18.5 Å². The number of hydrogen-bond donors (Lipinski definition) is 3. The van der Waals surface area contributed by atoms with E-state index in [9.17, 15) is 4.79 Å². The first-order valence-electron chi connectivity index (χ1n) is 4.80. The third-order valence-electron chi connectivity index (χ3n) is 2.31. The fourth-order valence-corrected chi connectivity index (χ4v) is 1.42. The van der Waals surface area contributed by atoms with Crippen molar-refractivity contribution in [3.63, 3.8) is 0 Å². The predicted octanol–water partition coefficient (Wildman–Crippen LogP) is -0.303. The average molecular weight is 221 g/mol. The van der Waals surface area contributed by atoms with Crippen LogP contribution in [-0.4, -0.2) is 37.1 Å². The smallest absolute Gasteiger partial charge is 0.320 e. The number of imidazole rings is 1. The van der Waals surface area contributed by atoms with Crippen LogP contribution < -0.4 is 5.73 Å². The number of nitrogens with two attached hydrogens (primary N) is 1. The molecule has 2 heterocycles. The second-order valence-corrected chi connectivity index (χ2v) is 3.40. The van der Waals surface area contributed by atoms with Crippen LogP contribution in [-0.2, 0) is 11.2 Å². The SMILES string of the molecule is NC(CCc1ncnc2nc[nH]c12)C(=O)O. The number of carboxylic acid groups (broad SMARTS) is 1. The van der Waals surface area contributed by atoms with E-state index in [1.165, 1.54) is 12.7 Å². The van der Waals surface area contributed by atoms with Gasteiger partial charge in [0.25, 0.3) is 0 Å². The summed E-state index contributed by atoms with van der Waals surface area (Å²) in [6.45, 7) is 0. The van der Waals surface area contributed by atoms with Crippen LogP contribution in [0.25, 0.3) is 11.2 Å². The Balaban J connectivity index is 2.15. The molecule has 16 heavy (non-hydrogen) atoms. The number of fused-ring (bicyclic) bond motifs is 1. The Bertz CT molecular complexity index is 509. The maximum absolute atomic E-state index is 10.6. The number of aryl methyl sites for hydroxylation is 1. The van der Waals surface area contributed by atoms with Crippen molar-refractivity contribution in [2.45, 2.75) is 18.9 Å². The number of nitrogens with one attached hydrogen (secondary N) is 1. The maximum atomic E-state index is 10.6. The molecule has 0 saturated heterocycles. The summed E-state index contributed by atoms with van der Waals surface area (Å²) >= 11 is 0. The summed E-state index contributed by atoms with van der Waals surface area (Å²) in [5.41, 5.74) is 7.46. The van der Waals surface area contributed by atoms with Gasteiger partial charge in [-0.1, -0.05) is 0 Å². The fourth-order valence-electron chi connectivity index (χ4n) is 1.42. The molecule has 0 bridgehead atoms. The molecule has 0 saturated carbocycles. The molecule has 2 rings (SSSR count). The molecule has 0 fully saturated rings. The van der Waals surface area contributed by atoms with Gasteiger partial charge >= 0.3 is 5.97 Å². The number of nitrogens with zero attached hydrogens (tertiary/aromatic N) is 3. The summed E-state index contributed by atoms with van der Waals surface area (Å²) in [5.74, 6) is -1.00. The van der Waals surface area contributed by atoms with Gasteiger partial charge in [0, 0.05) is 0 Å². The van der Waals surface area contributed by atoms with Crippen LogP contribution in [0.1, 0.15) is 12.1 Å². The molecule has 0 aromatic carbocycles. The highest BCUT2D eigenvalue weighted by molar-refractivity contribution is 5.74. The van der Waals surface area contributed by atoms with Crippen molar-refractivity contribution in [3.05, 3.63) is 18.3 Å². The summed E-state index contributed by atoms with van der Waals surface area (Å²) in [4.78, 5) is 25.5. The first-order chi connectivity index (χ1) is 7.68. The van der Waals surface area contributed by atoms with Crippen molar-refractivity contribution in [1.82, 2.24) is 19.9 Å². The van der Waals surface area contributed by atoms with E-state index in [0.717, 1.165) is 11.2 Å². The Labute approximate surface area is 90.7 Å². The van der Waals surface area contributed by atoms with Gasteiger partial charge in [-0.2, -0.15) is 0 Å². The second kappa shape index (κ2) is 4.23. The van der Waals surface area contributed by atoms with Crippen LogP contribution in [0.2, 0.25) is 0 Å². The van der Waals surface area contributed by atoms with Crippen molar-refractivity contribution in [2.24, 2.45) is 5.73 Å². The average Bonchev–Trinajstić information content (AvgIpc) is 2.73. The van der Waals surface area contributed by atoms with Crippen LogP contribution in [0, 0.1) is 0 Å². The molecule has 2 aromatic heterocycles. The lowest BCUT2D eigenvalue weighted by Crippen LogP contribution is -2.30. The van der Waals surface area contributed by atoms with E-state index in [2.05, 4.69) is 19.9 Å². The number of aliphatic carboxylic acids is 1. The van der Waals surface area contributed by atoms with E-state index < -0.39 is 12.0 Å². The van der Waals surface area contributed by atoms with Gasteiger partial charge in [0.2, 0.25) is 0 Å². The first kappa shape index (κ1) is 10.5. The fraction of sp³-hybridized carbons (Fsp3) is 0.333. The molecule has 0 radical (unpaired) electrons. The molecular formula is C9H11N5O2. The van der Waals surface area contributed by atoms with Crippen LogP contribution in [0.15, 0.2) is 12.7 Å². The Kier molecular flexibility index (Phi) is 2.78. The van der Waals surface area contributed by atoms with Crippen molar-refractivity contribution in [1.29, 1.82) is 0 Å². The molecule has 1 unspecified atom stereocenters. The zero-order valence-electron chi connectivity index (χ0n) is 8.42. The molecule has 7 nitrogen and oxygen atoms in total. The topological polar surface area (TPSA) is 118 Å². The Morgan fingerprint density at radius 3 is 3.06 bits per heavy atom. The van der Waals surface area contributed by atoms with E-state index in [1.54, 1.807) is 0 Å². The normalized spacial score (nSPS) is 12.8. The van der Waals surface area contributed by atoms with E-state index >= 15 is 0 Å². The van der Waals surface area contributed by atoms with Crippen LogP contribution in [0.5, 0.6) is 0 Å². The standard InChI is InChI=1S/C9H11N5O2/c10-5(9(15)16)1-2-6-7-8(13-3-11-6)14-4-12-7/h3-5H,1-2,10H2,(H,15,16)(H,11,12,13,14). The van der Waals surface area contributed by atoms with E-state index in [-0.39, 0.29) is 0 Å². The van der Waals surface area contributed by atoms with Gasteiger partial charge in [0.15, 0.2) is 5.65 Å². The van der Waals surface area contributed by atoms with E-state index in [1.807, 2.05) is 0 Å². The number of carbonyl (C=O) groups is 1. The van der Waals surface area contributed by atoms with Crippen molar-refractivity contribution >= 4 is 17.1 Å². The minimum atomic E-state index is -1.00. The van der Waals surface area contributed by atoms with Crippen molar-refractivity contribution in [2.75, 3.05) is 0 Å². The van der Waals surface area contributed by atoms with Gasteiger partial charge in [-0.3, -0.25) is 4.79 Å². The predicted molar refractivity (Wildman–Crippen MR) is 55.6 cm³/mol. The summed E-state index contributed by atoms with van der Waals surface area (Å²) < 4.78 is 0. The lowest BCUT2D eigenvalue weighted by atomic mass is 10.1. The highest BCUT2D eigenvalue weighted by Crippen LogP contribution is 2.11. The maximum Gasteiger partial charge on any atom is 0.320 e. The molecule has 0 spiro atoms. The summed E-state index contributed by atoms with van der Waals surface area (Å²) in [6.07, 6.45) is 3.75. The minimum Gasteiger partial charge on any atom is -0.480 e. The van der Waals surface area contributed by atoms with Crippen LogP contribution in [0.3, 0.4) is 0 Å². The summed E-state index contributed by atoms with van der Waals surface area (Å²) in [6, 6.07) is -0.868. The third kappa shape index (κ3) is 1.98. The first-order valence-corrected chi connectivity index (χ1v) is 4.80. The quantitative estimate of drug-likeness (QED) is 0.652. The van der Waals surface area contributed by atoms with Crippen molar-refractivity contribution in [3.8, 4) is 0 Å². The number of H-pyrrole nitrogens is 1. The minimum absolute atomic E-state index is 0.334. The molecule has 7 heteroatoms. The van der Waals surface area contributed by atoms with Gasteiger partial charge < -0.3 is 15.8 Å². The zero-order valence-corrected chi connectivity index (χ0v) is 8.42. The number of aromatic nitrogens is 4. The number of aromatic amines is 1. The Hall–Kier alpha value is -2.02. The molecule has 0 aliphatic carbocycles. The highest BCUT2D eigenvalue weighted by Gasteiger charge is 2.13.